The molecule has 1 heterocycles. The lowest BCUT2D eigenvalue weighted by Gasteiger charge is -2.15. The molecular formula is C27H24BrClFN3O3. The van der Waals surface area contributed by atoms with Gasteiger partial charge in [0.1, 0.15) is 18.2 Å². The van der Waals surface area contributed by atoms with Gasteiger partial charge in [0, 0.05) is 10.4 Å². The van der Waals surface area contributed by atoms with Crippen LogP contribution in [0.2, 0.25) is 5.02 Å². The minimum Gasteiger partial charge on any atom is -0.493 e. The zero-order chi connectivity index (χ0) is 25.8. The Kier molecular flexibility index (Phi) is 8.06. The van der Waals surface area contributed by atoms with Crippen LogP contribution >= 0.6 is 27.5 Å². The number of aromatic nitrogens is 2. The number of methoxy groups -OCH3 is 1. The molecule has 9 heteroatoms. The van der Waals surface area contributed by atoms with E-state index < -0.39 is 0 Å². The monoisotopic (exact) mass is 571 g/mol. The van der Waals surface area contributed by atoms with E-state index in [2.05, 4.69) is 21.0 Å². The molecule has 0 aliphatic heterocycles. The first-order valence-corrected chi connectivity index (χ1v) is 12.5. The van der Waals surface area contributed by atoms with Crippen LogP contribution in [0, 0.1) is 5.82 Å². The van der Waals surface area contributed by atoms with Gasteiger partial charge in [0.15, 0.2) is 11.5 Å². The van der Waals surface area contributed by atoms with Crippen molar-refractivity contribution in [1.29, 1.82) is 0 Å². The van der Waals surface area contributed by atoms with Gasteiger partial charge in [0.2, 0.25) is 0 Å². The predicted molar refractivity (Wildman–Crippen MR) is 144 cm³/mol. The second-order valence-corrected chi connectivity index (χ2v) is 9.57. The van der Waals surface area contributed by atoms with Crippen LogP contribution in [0.15, 0.2) is 69.0 Å². The molecule has 0 radical (unpaired) electrons. The van der Waals surface area contributed by atoms with Gasteiger partial charge in [-0.3, -0.25) is 4.79 Å². The lowest BCUT2D eigenvalue weighted by atomic mass is 10.1. The SMILES string of the molecule is CC[C@H](C)c1nc2ccc(Br)cc2c(=O)n1N=Cc1cc(Cl)c(OCc2ccc(F)cc2)c(OC)c1. The Labute approximate surface area is 221 Å². The predicted octanol–water partition coefficient (Wildman–Crippen LogP) is 6.93. The van der Waals surface area contributed by atoms with Gasteiger partial charge in [-0.25, -0.2) is 9.37 Å². The normalized spacial score (nSPS) is 12.3. The Bertz CT molecular complexity index is 1490. The van der Waals surface area contributed by atoms with Crippen molar-refractivity contribution in [2.75, 3.05) is 7.11 Å². The lowest BCUT2D eigenvalue weighted by molar-refractivity contribution is 0.284. The van der Waals surface area contributed by atoms with Crippen LogP contribution in [0.5, 0.6) is 11.5 Å². The Balaban J connectivity index is 1.69. The lowest BCUT2D eigenvalue weighted by Crippen LogP contribution is -2.23. The molecule has 0 aliphatic carbocycles. The van der Waals surface area contributed by atoms with Gasteiger partial charge in [0.25, 0.3) is 5.56 Å². The molecule has 186 valence electrons. The van der Waals surface area contributed by atoms with Gasteiger partial charge in [-0.05, 0) is 60.0 Å². The molecule has 36 heavy (non-hydrogen) atoms. The molecule has 0 saturated heterocycles. The average molecular weight is 573 g/mol. The molecule has 1 atom stereocenters. The average Bonchev–Trinajstić information content (AvgIpc) is 2.87. The first-order chi connectivity index (χ1) is 17.3. The number of hydrogen-bond acceptors (Lipinski definition) is 5. The fraction of sp³-hybridized carbons (Fsp3) is 0.222. The summed E-state index contributed by atoms with van der Waals surface area (Å²) in [6.07, 6.45) is 2.33. The van der Waals surface area contributed by atoms with Gasteiger partial charge >= 0.3 is 0 Å². The van der Waals surface area contributed by atoms with E-state index >= 15 is 0 Å². The van der Waals surface area contributed by atoms with E-state index in [1.807, 2.05) is 26.0 Å². The maximum absolute atomic E-state index is 13.3. The maximum atomic E-state index is 13.3. The summed E-state index contributed by atoms with van der Waals surface area (Å²) in [6.45, 7) is 4.23. The molecular weight excluding hydrogens is 549 g/mol. The maximum Gasteiger partial charge on any atom is 0.282 e. The number of hydrogen-bond donors (Lipinski definition) is 0. The zero-order valence-corrected chi connectivity index (χ0v) is 22.3. The summed E-state index contributed by atoms with van der Waals surface area (Å²) in [7, 11) is 1.51. The third-order valence-corrected chi connectivity index (χ3v) is 6.53. The topological polar surface area (TPSA) is 65.7 Å². The van der Waals surface area contributed by atoms with Crippen molar-refractivity contribution in [1.82, 2.24) is 9.66 Å². The van der Waals surface area contributed by atoms with E-state index in [1.54, 1.807) is 30.3 Å². The van der Waals surface area contributed by atoms with E-state index in [0.29, 0.717) is 38.8 Å². The molecule has 0 bridgehead atoms. The van der Waals surface area contributed by atoms with Gasteiger partial charge in [-0.2, -0.15) is 9.78 Å². The summed E-state index contributed by atoms with van der Waals surface area (Å²) in [5.41, 5.74) is 1.76. The van der Waals surface area contributed by atoms with Gasteiger partial charge in [-0.1, -0.05) is 53.5 Å². The second-order valence-electron chi connectivity index (χ2n) is 8.25. The van der Waals surface area contributed by atoms with Crippen LogP contribution in [-0.2, 0) is 6.61 Å². The first kappa shape index (κ1) is 25.9. The molecule has 0 N–H and O–H groups in total. The van der Waals surface area contributed by atoms with Crippen LogP contribution in [0.25, 0.3) is 10.9 Å². The highest BCUT2D eigenvalue weighted by Crippen LogP contribution is 2.36. The van der Waals surface area contributed by atoms with Crippen LogP contribution in [-0.4, -0.2) is 23.0 Å². The van der Waals surface area contributed by atoms with Crippen LogP contribution in [0.4, 0.5) is 4.39 Å². The van der Waals surface area contributed by atoms with Gasteiger partial charge in [-0.15, -0.1) is 0 Å². The molecule has 6 nitrogen and oxygen atoms in total. The van der Waals surface area contributed by atoms with Crippen molar-refractivity contribution >= 4 is 44.6 Å². The van der Waals surface area contributed by atoms with Crippen molar-refractivity contribution in [3.8, 4) is 11.5 Å². The summed E-state index contributed by atoms with van der Waals surface area (Å²) in [5, 5.41) is 5.26. The Morgan fingerprint density at radius 1 is 1.19 bits per heavy atom. The highest BCUT2D eigenvalue weighted by molar-refractivity contribution is 9.10. The van der Waals surface area contributed by atoms with Crippen molar-refractivity contribution in [3.05, 3.63) is 97.2 Å². The molecule has 4 aromatic rings. The van der Waals surface area contributed by atoms with Crippen LogP contribution in [0.3, 0.4) is 0 Å². The van der Waals surface area contributed by atoms with Crippen molar-refractivity contribution in [2.24, 2.45) is 5.10 Å². The highest BCUT2D eigenvalue weighted by atomic mass is 79.9. The second kappa shape index (κ2) is 11.2. The smallest absolute Gasteiger partial charge is 0.282 e. The van der Waals surface area contributed by atoms with E-state index in [4.69, 9.17) is 26.1 Å². The molecule has 0 unspecified atom stereocenters. The zero-order valence-electron chi connectivity index (χ0n) is 20.0. The fourth-order valence-electron chi connectivity index (χ4n) is 3.59. The minimum absolute atomic E-state index is 0.0169. The van der Waals surface area contributed by atoms with Crippen molar-refractivity contribution in [2.45, 2.75) is 32.8 Å². The molecule has 0 spiro atoms. The number of rotatable bonds is 8. The number of fused-ring (bicyclic) bond motifs is 1. The molecule has 4 rings (SSSR count). The summed E-state index contributed by atoms with van der Waals surface area (Å²) in [4.78, 5) is 18.0. The number of ether oxygens (including phenoxy) is 2. The van der Waals surface area contributed by atoms with Crippen LogP contribution in [0.1, 0.15) is 43.1 Å². The van der Waals surface area contributed by atoms with Crippen LogP contribution < -0.4 is 15.0 Å². The third-order valence-electron chi connectivity index (χ3n) is 5.76. The van der Waals surface area contributed by atoms with E-state index in [9.17, 15) is 9.18 Å². The summed E-state index contributed by atoms with van der Waals surface area (Å²) >= 11 is 9.92. The minimum atomic E-state index is -0.317. The molecule has 0 amide bonds. The quantitative estimate of drug-likeness (QED) is 0.215. The summed E-state index contributed by atoms with van der Waals surface area (Å²) in [5.74, 6) is 1.04. The van der Waals surface area contributed by atoms with E-state index in [0.717, 1.165) is 16.5 Å². The largest absolute Gasteiger partial charge is 0.493 e. The van der Waals surface area contributed by atoms with Gasteiger partial charge in [0.05, 0.1) is 29.2 Å². The summed E-state index contributed by atoms with van der Waals surface area (Å²) in [6, 6.07) is 14.8. The third kappa shape index (κ3) is 5.60. The Hall–Kier alpha value is -3.23. The van der Waals surface area contributed by atoms with Crippen molar-refractivity contribution in [3.63, 3.8) is 0 Å². The van der Waals surface area contributed by atoms with E-state index in [1.165, 1.54) is 30.1 Å². The van der Waals surface area contributed by atoms with E-state index in [-0.39, 0.29) is 23.9 Å². The standard InChI is InChI=1S/C27H24BrClFN3O3/c1-4-16(2)26-32-23-10-7-19(28)13-21(23)27(34)33(26)31-14-18-11-22(29)25(24(12-18)35-3)36-15-17-5-8-20(30)9-6-17/h5-14,16H,4,15H2,1-3H3/t16-/m0/s1. The Morgan fingerprint density at radius 2 is 1.94 bits per heavy atom. The Morgan fingerprint density at radius 3 is 2.64 bits per heavy atom. The molecule has 0 fully saturated rings. The molecule has 0 aliphatic rings. The fourth-order valence-corrected chi connectivity index (χ4v) is 4.23. The molecule has 0 saturated carbocycles. The van der Waals surface area contributed by atoms with Gasteiger partial charge < -0.3 is 9.47 Å². The summed E-state index contributed by atoms with van der Waals surface area (Å²) < 4.78 is 26.6. The van der Waals surface area contributed by atoms with Crippen molar-refractivity contribution < 1.29 is 13.9 Å². The first-order valence-electron chi connectivity index (χ1n) is 11.3. The number of halogens is 3. The number of benzene rings is 3. The highest BCUT2D eigenvalue weighted by Gasteiger charge is 2.16. The molecule has 3 aromatic carbocycles. The number of nitrogens with zero attached hydrogens (tertiary/aromatic N) is 3. The molecule has 1 aromatic heterocycles.